The molecule has 0 atom stereocenters. The molecule has 0 unspecified atom stereocenters. The highest BCUT2D eigenvalue weighted by atomic mass is 19.1. The molecule has 106 valence electrons. The van der Waals surface area contributed by atoms with Gasteiger partial charge in [-0.05, 0) is 24.4 Å². The molecule has 0 aromatic heterocycles. The summed E-state index contributed by atoms with van der Waals surface area (Å²) in [5.74, 6) is -0.446. The second kappa shape index (κ2) is 6.52. The monoisotopic (exact) mass is 267 g/mol. The van der Waals surface area contributed by atoms with Crippen LogP contribution in [0.5, 0.6) is 0 Å². The van der Waals surface area contributed by atoms with E-state index in [-0.39, 0.29) is 17.1 Å². The van der Waals surface area contributed by atoms with E-state index in [4.69, 9.17) is 10.9 Å². The third-order valence-electron chi connectivity index (χ3n) is 2.82. The van der Waals surface area contributed by atoms with Crippen LogP contribution in [-0.2, 0) is 6.54 Å². The summed E-state index contributed by atoms with van der Waals surface area (Å²) in [4.78, 5) is 0. The zero-order chi connectivity index (χ0) is 14.5. The largest absolute Gasteiger partial charge is 0.409 e. The molecule has 0 aliphatic heterocycles. The summed E-state index contributed by atoms with van der Waals surface area (Å²) in [6.07, 6.45) is 1.02. The van der Waals surface area contributed by atoms with E-state index in [2.05, 4.69) is 31.2 Å². The van der Waals surface area contributed by atoms with Crippen LogP contribution >= 0.6 is 0 Å². The van der Waals surface area contributed by atoms with Gasteiger partial charge in [0.2, 0.25) is 0 Å². The maximum Gasteiger partial charge on any atom is 0.170 e. The van der Waals surface area contributed by atoms with Crippen LogP contribution < -0.4 is 11.1 Å². The fraction of sp³-hybridized carbons (Fsp3) is 0.500. The Morgan fingerprint density at radius 2 is 2.11 bits per heavy atom. The highest BCUT2D eigenvalue weighted by molar-refractivity contribution is 5.97. The third-order valence-corrected chi connectivity index (χ3v) is 2.82. The van der Waals surface area contributed by atoms with Crippen molar-refractivity contribution in [2.45, 2.75) is 33.7 Å². The normalized spacial score (nSPS) is 12.7. The van der Waals surface area contributed by atoms with Gasteiger partial charge in [0.1, 0.15) is 5.82 Å². The van der Waals surface area contributed by atoms with Gasteiger partial charge in [-0.1, -0.05) is 38.1 Å². The minimum Gasteiger partial charge on any atom is -0.409 e. The van der Waals surface area contributed by atoms with E-state index in [1.54, 1.807) is 12.1 Å². The van der Waals surface area contributed by atoms with Crippen molar-refractivity contribution < 1.29 is 9.60 Å². The lowest BCUT2D eigenvalue weighted by atomic mass is 9.92. The molecule has 0 bridgehead atoms. The van der Waals surface area contributed by atoms with Crippen molar-refractivity contribution in [1.29, 1.82) is 0 Å². The Balaban J connectivity index is 2.56. The van der Waals surface area contributed by atoms with Gasteiger partial charge in [0.05, 0.1) is 0 Å². The van der Waals surface area contributed by atoms with Gasteiger partial charge in [-0.25, -0.2) is 4.39 Å². The van der Waals surface area contributed by atoms with Crippen LogP contribution in [-0.4, -0.2) is 17.6 Å². The molecule has 4 nitrogen and oxygen atoms in total. The fourth-order valence-corrected chi connectivity index (χ4v) is 1.59. The van der Waals surface area contributed by atoms with Gasteiger partial charge in [0.25, 0.3) is 0 Å². The molecule has 19 heavy (non-hydrogen) atoms. The van der Waals surface area contributed by atoms with Gasteiger partial charge in [0, 0.05) is 17.7 Å². The van der Waals surface area contributed by atoms with E-state index in [9.17, 15) is 4.39 Å². The zero-order valence-corrected chi connectivity index (χ0v) is 11.7. The predicted molar refractivity (Wildman–Crippen MR) is 74.7 cm³/mol. The van der Waals surface area contributed by atoms with E-state index in [0.29, 0.717) is 17.7 Å². The molecule has 4 N–H and O–H groups in total. The molecule has 1 aromatic rings. The molecule has 1 rings (SSSR count). The molecule has 0 amide bonds. The first-order chi connectivity index (χ1) is 8.83. The lowest BCUT2D eigenvalue weighted by Gasteiger charge is -2.18. The van der Waals surface area contributed by atoms with Gasteiger partial charge < -0.3 is 16.3 Å². The van der Waals surface area contributed by atoms with E-state index in [0.717, 1.165) is 13.0 Å². The molecule has 0 spiro atoms. The third kappa shape index (κ3) is 5.26. The number of hydrogen-bond acceptors (Lipinski definition) is 3. The van der Waals surface area contributed by atoms with Crippen LogP contribution in [0.1, 0.15) is 38.3 Å². The van der Waals surface area contributed by atoms with Crippen molar-refractivity contribution in [1.82, 2.24) is 5.32 Å². The van der Waals surface area contributed by atoms with Crippen molar-refractivity contribution in [2.75, 3.05) is 6.54 Å². The molecule has 0 heterocycles. The van der Waals surface area contributed by atoms with Crippen LogP contribution in [0.25, 0.3) is 0 Å². The summed E-state index contributed by atoms with van der Waals surface area (Å²) in [7, 11) is 0. The summed E-state index contributed by atoms with van der Waals surface area (Å²) >= 11 is 0. The molecule has 0 fully saturated rings. The summed E-state index contributed by atoms with van der Waals surface area (Å²) in [6.45, 7) is 7.81. The van der Waals surface area contributed by atoms with Gasteiger partial charge in [-0.15, -0.1) is 0 Å². The summed E-state index contributed by atoms with van der Waals surface area (Å²) in [5.41, 5.74) is 6.61. The number of oxime groups is 1. The van der Waals surface area contributed by atoms with E-state index < -0.39 is 0 Å². The second-order valence-electron chi connectivity index (χ2n) is 5.78. The number of rotatable bonds is 5. The first-order valence-corrected chi connectivity index (χ1v) is 6.30. The predicted octanol–water partition coefficient (Wildman–Crippen LogP) is 2.45. The van der Waals surface area contributed by atoms with Gasteiger partial charge in [-0.2, -0.15) is 0 Å². The molecule has 0 aliphatic rings. The first-order valence-electron chi connectivity index (χ1n) is 6.30. The zero-order valence-electron chi connectivity index (χ0n) is 11.7. The second-order valence-corrected chi connectivity index (χ2v) is 5.78. The molecule has 0 saturated carbocycles. The number of amidine groups is 1. The topological polar surface area (TPSA) is 70.6 Å². The number of halogens is 1. The van der Waals surface area contributed by atoms with Crippen LogP contribution in [0.2, 0.25) is 0 Å². The van der Waals surface area contributed by atoms with Crippen molar-refractivity contribution in [3.05, 3.63) is 35.1 Å². The summed E-state index contributed by atoms with van der Waals surface area (Å²) < 4.78 is 13.8. The Morgan fingerprint density at radius 3 is 2.63 bits per heavy atom. The van der Waals surface area contributed by atoms with Crippen LogP contribution in [0.4, 0.5) is 4.39 Å². The Kier molecular flexibility index (Phi) is 5.30. The molecular weight excluding hydrogens is 245 g/mol. The quantitative estimate of drug-likeness (QED) is 0.252. The van der Waals surface area contributed by atoms with Crippen molar-refractivity contribution >= 4 is 5.84 Å². The minimum atomic E-state index is -0.354. The maximum atomic E-state index is 13.8. The van der Waals surface area contributed by atoms with Gasteiger partial charge >= 0.3 is 0 Å². The SMILES string of the molecule is CC(C)(C)CCNCc1ccc(/C(N)=N/O)cc1F. The van der Waals surface area contributed by atoms with Crippen LogP contribution in [0, 0.1) is 11.2 Å². The van der Waals surface area contributed by atoms with E-state index >= 15 is 0 Å². The molecule has 0 saturated heterocycles. The molecule has 5 heteroatoms. The van der Waals surface area contributed by atoms with Crippen LogP contribution in [0.3, 0.4) is 0 Å². The van der Waals surface area contributed by atoms with Gasteiger partial charge in [0.15, 0.2) is 5.84 Å². The summed E-state index contributed by atoms with van der Waals surface area (Å²) in [6, 6.07) is 4.56. The summed E-state index contributed by atoms with van der Waals surface area (Å²) in [5, 5.41) is 14.6. The minimum absolute atomic E-state index is 0.0915. The van der Waals surface area contributed by atoms with E-state index in [1.165, 1.54) is 6.07 Å². The number of nitrogens with two attached hydrogens (primary N) is 1. The number of benzene rings is 1. The standard InChI is InChI=1S/C14H22FN3O/c1-14(2,3)6-7-17-9-11-5-4-10(8-12(11)15)13(16)18-19/h4-5,8,17,19H,6-7,9H2,1-3H3,(H2,16,18). The average molecular weight is 267 g/mol. The van der Waals surface area contributed by atoms with Gasteiger partial charge in [-0.3, -0.25) is 0 Å². The fourth-order valence-electron chi connectivity index (χ4n) is 1.59. The number of hydrogen-bond donors (Lipinski definition) is 3. The van der Waals surface area contributed by atoms with Crippen LogP contribution in [0.15, 0.2) is 23.4 Å². The lowest BCUT2D eigenvalue weighted by molar-refractivity contribution is 0.318. The smallest absolute Gasteiger partial charge is 0.170 e. The Labute approximate surface area is 113 Å². The Bertz CT molecular complexity index is 452. The molecular formula is C14H22FN3O. The Hall–Kier alpha value is -1.62. The maximum absolute atomic E-state index is 13.8. The average Bonchev–Trinajstić information content (AvgIpc) is 2.33. The number of nitrogens with one attached hydrogen (secondary N) is 1. The highest BCUT2D eigenvalue weighted by Gasteiger charge is 2.10. The first kappa shape index (κ1) is 15.4. The molecule has 0 aliphatic carbocycles. The van der Waals surface area contributed by atoms with Crippen molar-refractivity contribution in [2.24, 2.45) is 16.3 Å². The lowest BCUT2D eigenvalue weighted by Crippen LogP contribution is -2.21. The van der Waals surface area contributed by atoms with Crippen molar-refractivity contribution in [3.63, 3.8) is 0 Å². The molecule has 0 radical (unpaired) electrons. The molecule has 1 aromatic carbocycles. The Morgan fingerprint density at radius 1 is 1.42 bits per heavy atom. The highest BCUT2D eigenvalue weighted by Crippen LogP contribution is 2.17. The van der Waals surface area contributed by atoms with E-state index in [1.807, 2.05) is 0 Å². The number of nitrogens with zero attached hydrogens (tertiary/aromatic N) is 1. The van der Waals surface area contributed by atoms with Crippen molar-refractivity contribution in [3.8, 4) is 0 Å².